The van der Waals surface area contributed by atoms with Gasteiger partial charge in [-0.1, -0.05) is 6.92 Å². The van der Waals surface area contributed by atoms with Crippen LogP contribution >= 0.6 is 0 Å². The van der Waals surface area contributed by atoms with Crippen LogP contribution in [-0.2, 0) is 4.74 Å². The monoisotopic (exact) mass is 185 g/mol. The molecule has 2 atom stereocenters. The van der Waals surface area contributed by atoms with Crippen molar-refractivity contribution >= 4 is 0 Å². The van der Waals surface area contributed by atoms with E-state index in [9.17, 15) is 0 Å². The third-order valence-electron chi connectivity index (χ3n) is 2.67. The summed E-state index contributed by atoms with van der Waals surface area (Å²) in [4.78, 5) is 0. The first-order valence-corrected chi connectivity index (χ1v) is 5.53. The van der Waals surface area contributed by atoms with Gasteiger partial charge in [0.05, 0.1) is 6.10 Å². The van der Waals surface area contributed by atoms with Crippen molar-refractivity contribution < 1.29 is 4.74 Å². The SMILES string of the molecule is CC1CCNC(CCOC(C)C)C1. The van der Waals surface area contributed by atoms with Crippen molar-refractivity contribution in [2.45, 2.75) is 52.2 Å². The average molecular weight is 185 g/mol. The van der Waals surface area contributed by atoms with E-state index in [0.29, 0.717) is 12.1 Å². The molecule has 0 amide bonds. The molecule has 1 heterocycles. The lowest BCUT2D eigenvalue weighted by Crippen LogP contribution is -2.38. The highest BCUT2D eigenvalue weighted by molar-refractivity contribution is 4.75. The van der Waals surface area contributed by atoms with Crippen LogP contribution in [0.15, 0.2) is 0 Å². The van der Waals surface area contributed by atoms with Crippen molar-refractivity contribution in [2.75, 3.05) is 13.2 Å². The normalized spacial score (nSPS) is 29.5. The van der Waals surface area contributed by atoms with Crippen LogP contribution in [0.5, 0.6) is 0 Å². The van der Waals surface area contributed by atoms with Gasteiger partial charge in [0.2, 0.25) is 0 Å². The number of hydrogen-bond donors (Lipinski definition) is 1. The number of rotatable bonds is 4. The van der Waals surface area contributed by atoms with Gasteiger partial charge in [0.15, 0.2) is 0 Å². The van der Waals surface area contributed by atoms with Crippen LogP contribution in [0.3, 0.4) is 0 Å². The number of nitrogens with one attached hydrogen (secondary N) is 1. The second kappa shape index (κ2) is 5.61. The minimum absolute atomic E-state index is 0.376. The predicted octanol–water partition coefficient (Wildman–Crippen LogP) is 2.19. The van der Waals surface area contributed by atoms with Crippen molar-refractivity contribution in [3.05, 3.63) is 0 Å². The van der Waals surface area contributed by atoms with Crippen LogP contribution in [0.4, 0.5) is 0 Å². The molecular weight excluding hydrogens is 162 g/mol. The van der Waals surface area contributed by atoms with Crippen molar-refractivity contribution in [2.24, 2.45) is 5.92 Å². The fourth-order valence-corrected chi connectivity index (χ4v) is 1.89. The first kappa shape index (κ1) is 11.0. The van der Waals surface area contributed by atoms with Crippen LogP contribution < -0.4 is 5.32 Å². The number of piperidine rings is 1. The largest absolute Gasteiger partial charge is 0.379 e. The van der Waals surface area contributed by atoms with Gasteiger partial charge in [0.1, 0.15) is 0 Å². The molecule has 1 N–H and O–H groups in total. The predicted molar refractivity (Wildman–Crippen MR) is 55.9 cm³/mol. The van der Waals surface area contributed by atoms with Crippen LogP contribution in [0.25, 0.3) is 0 Å². The summed E-state index contributed by atoms with van der Waals surface area (Å²) >= 11 is 0. The topological polar surface area (TPSA) is 21.3 Å². The van der Waals surface area contributed by atoms with E-state index >= 15 is 0 Å². The molecule has 1 aliphatic heterocycles. The van der Waals surface area contributed by atoms with E-state index in [1.165, 1.54) is 25.8 Å². The third-order valence-corrected chi connectivity index (χ3v) is 2.67. The Bertz CT molecular complexity index is 136. The fourth-order valence-electron chi connectivity index (χ4n) is 1.89. The summed E-state index contributed by atoms with van der Waals surface area (Å²) in [6.07, 6.45) is 4.20. The van der Waals surface area contributed by atoms with Gasteiger partial charge in [-0.2, -0.15) is 0 Å². The Hall–Kier alpha value is -0.0800. The Morgan fingerprint density at radius 1 is 1.46 bits per heavy atom. The van der Waals surface area contributed by atoms with E-state index < -0.39 is 0 Å². The smallest absolute Gasteiger partial charge is 0.0518 e. The van der Waals surface area contributed by atoms with Gasteiger partial charge in [-0.15, -0.1) is 0 Å². The lowest BCUT2D eigenvalue weighted by Gasteiger charge is -2.28. The molecule has 0 aromatic heterocycles. The van der Waals surface area contributed by atoms with Crippen molar-refractivity contribution in [1.82, 2.24) is 5.32 Å². The zero-order valence-electron chi connectivity index (χ0n) is 9.18. The van der Waals surface area contributed by atoms with E-state index in [1.807, 2.05) is 0 Å². The van der Waals surface area contributed by atoms with E-state index in [0.717, 1.165) is 12.5 Å². The second-order valence-corrected chi connectivity index (χ2v) is 4.49. The molecule has 1 saturated heterocycles. The lowest BCUT2D eigenvalue weighted by atomic mass is 9.93. The van der Waals surface area contributed by atoms with Crippen LogP contribution in [0.2, 0.25) is 0 Å². The summed E-state index contributed by atoms with van der Waals surface area (Å²) < 4.78 is 5.54. The highest BCUT2D eigenvalue weighted by atomic mass is 16.5. The van der Waals surface area contributed by atoms with Gasteiger partial charge >= 0.3 is 0 Å². The first-order chi connectivity index (χ1) is 6.18. The summed E-state index contributed by atoms with van der Waals surface area (Å²) in [7, 11) is 0. The standard InChI is InChI=1S/C11H23NO/c1-9(2)13-7-5-11-8-10(3)4-6-12-11/h9-12H,4-8H2,1-3H3. The molecule has 1 rings (SSSR count). The second-order valence-electron chi connectivity index (χ2n) is 4.49. The summed E-state index contributed by atoms with van der Waals surface area (Å²) in [6, 6.07) is 0.697. The highest BCUT2D eigenvalue weighted by Crippen LogP contribution is 2.16. The molecule has 2 unspecified atom stereocenters. The number of hydrogen-bond acceptors (Lipinski definition) is 2. The minimum Gasteiger partial charge on any atom is -0.379 e. The highest BCUT2D eigenvalue weighted by Gasteiger charge is 2.17. The Kier molecular flexibility index (Phi) is 4.74. The summed E-state index contributed by atoms with van der Waals surface area (Å²) in [6.45, 7) is 8.63. The van der Waals surface area contributed by atoms with E-state index in [-0.39, 0.29) is 0 Å². The van der Waals surface area contributed by atoms with E-state index in [4.69, 9.17) is 4.74 Å². The molecule has 78 valence electrons. The maximum atomic E-state index is 5.54. The summed E-state index contributed by atoms with van der Waals surface area (Å²) in [5.74, 6) is 0.894. The summed E-state index contributed by atoms with van der Waals surface area (Å²) in [5.41, 5.74) is 0. The molecule has 2 heteroatoms. The van der Waals surface area contributed by atoms with Crippen molar-refractivity contribution in [3.8, 4) is 0 Å². The minimum atomic E-state index is 0.376. The molecular formula is C11H23NO. The molecule has 1 fully saturated rings. The average Bonchev–Trinajstić information content (AvgIpc) is 2.03. The Morgan fingerprint density at radius 2 is 2.23 bits per heavy atom. The molecule has 1 aliphatic rings. The fraction of sp³-hybridized carbons (Fsp3) is 1.00. The molecule has 0 radical (unpaired) electrons. The third kappa shape index (κ3) is 4.63. The van der Waals surface area contributed by atoms with Crippen molar-refractivity contribution in [3.63, 3.8) is 0 Å². The zero-order valence-corrected chi connectivity index (χ0v) is 9.18. The molecule has 0 spiro atoms. The maximum Gasteiger partial charge on any atom is 0.0518 e. The van der Waals surface area contributed by atoms with Gasteiger partial charge < -0.3 is 10.1 Å². The van der Waals surface area contributed by atoms with E-state index in [2.05, 4.69) is 26.1 Å². The molecule has 13 heavy (non-hydrogen) atoms. The molecule has 0 aliphatic carbocycles. The Morgan fingerprint density at radius 3 is 2.85 bits per heavy atom. The first-order valence-electron chi connectivity index (χ1n) is 5.53. The van der Waals surface area contributed by atoms with Crippen molar-refractivity contribution in [1.29, 1.82) is 0 Å². The van der Waals surface area contributed by atoms with Gasteiger partial charge in [-0.3, -0.25) is 0 Å². The van der Waals surface area contributed by atoms with E-state index in [1.54, 1.807) is 0 Å². The molecule has 0 aromatic rings. The molecule has 2 nitrogen and oxygen atoms in total. The molecule has 0 saturated carbocycles. The van der Waals surface area contributed by atoms with Gasteiger partial charge in [0, 0.05) is 12.6 Å². The Labute approximate surface area is 82.0 Å². The van der Waals surface area contributed by atoms with Gasteiger partial charge in [-0.25, -0.2) is 0 Å². The Balaban J connectivity index is 2.06. The number of ether oxygens (including phenoxy) is 1. The lowest BCUT2D eigenvalue weighted by molar-refractivity contribution is 0.0681. The zero-order chi connectivity index (χ0) is 9.68. The quantitative estimate of drug-likeness (QED) is 0.725. The van der Waals surface area contributed by atoms with Crippen LogP contribution in [0.1, 0.15) is 40.0 Å². The van der Waals surface area contributed by atoms with Gasteiger partial charge in [-0.05, 0) is 45.6 Å². The maximum absolute atomic E-state index is 5.54. The van der Waals surface area contributed by atoms with Crippen LogP contribution in [0, 0.1) is 5.92 Å². The van der Waals surface area contributed by atoms with Gasteiger partial charge in [0.25, 0.3) is 0 Å². The summed E-state index contributed by atoms with van der Waals surface area (Å²) in [5, 5.41) is 3.54. The van der Waals surface area contributed by atoms with Crippen LogP contribution in [-0.4, -0.2) is 25.3 Å². The molecule has 0 bridgehead atoms. The molecule has 0 aromatic carbocycles.